The van der Waals surface area contributed by atoms with Crippen molar-refractivity contribution in [3.05, 3.63) is 34.3 Å². The Bertz CT molecular complexity index is 478. The lowest BCUT2D eigenvalue weighted by Gasteiger charge is -2.09. The number of Topliss-reactive ketones (excluding diaryl/α,β-unsaturated/α-hetero) is 1. The lowest BCUT2D eigenvalue weighted by molar-refractivity contribution is 0.0827. The van der Waals surface area contributed by atoms with E-state index in [9.17, 15) is 13.2 Å². The van der Waals surface area contributed by atoms with Gasteiger partial charge in [-0.25, -0.2) is 0 Å². The van der Waals surface area contributed by atoms with Crippen molar-refractivity contribution in [1.29, 1.82) is 0 Å². The highest BCUT2D eigenvalue weighted by molar-refractivity contribution is 9.10. The van der Waals surface area contributed by atoms with Crippen LogP contribution in [-0.4, -0.2) is 26.6 Å². The lowest BCUT2D eigenvalue weighted by Crippen LogP contribution is -2.23. The third kappa shape index (κ3) is 4.03. The summed E-state index contributed by atoms with van der Waals surface area (Å²) in [6.45, 7) is 1.41. The van der Waals surface area contributed by atoms with E-state index < -0.39 is 16.2 Å². The monoisotopic (exact) mass is 306 g/mol. The molecule has 1 aromatic rings. The van der Waals surface area contributed by atoms with E-state index in [0.29, 0.717) is 5.56 Å². The highest BCUT2D eigenvalue weighted by Gasteiger charge is 2.19. The van der Waals surface area contributed by atoms with Gasteiger partial charge < -0.3 is 0 Å². The first kappa shape index (κ1) is 13.3. The van der Waals surface area contributed by atoms with Gasteiger partial charge in [-0.1, -0.05) is 28.1 Å². The first-order chi connectivity index (χ1) is 7.29. The summed E-state index contributed by atoms with van der Waals surface area (Å²) in [4.78, 5) is 11.7. The molecular formula is C10H11BrO4S. The normalized spacial score (nSPS) is 13.4. The molecule has 0 saturated carbocycles. The molecule has 4 nitrogen and oxygen atoms in total. The van der Waals surface area contributed by atoms with Crippen molar-refractivity contribution < 1.29 is 17.4 Å². The lowest BCUT2D eigenvalue weighted by atomic mass is 10.1. The smallest absolute Gasteiger partial charge is 0.265 e. The second-order valence-corrected chi connectivity index (χ2v) is 5.83. The summed E-state index contributed by atoms with van der Waals surface area (Å²) in [5.74, 6) is -0.363. The second-order valence-electron chi connectivity index (χ2n) is 3.31. The third-order valence-corrected chi connectivity index (χ3v) is 2.98. The summed E-state index contributed by atoms with van der Waals surface area (Å²) in [5, 5.41) is 0. The van der Waals surface area contributed by atoms with E-state index in [4.69, 9.17) is 0 Å². The van der Waals surface area contributed by atoms with E-state index >= 15 is 0 Å². The molecule has 0 aliphatic carbocycles. The summed E-state index contributed by atoms with van der Waals surface area (Å²) < 4.78 is 27.1. The molecular weight excluding hydrogens is 296 g/mol. The Balaban J connectivity index is 2.82. The number of ketones is 1. The van der Waals surface area contributed by atoms with Crippen LogP contribution in [0.5, 0.6) is 0 Å². The van der Waals surface area contributed by atoms with Crippen molar-refractivity contribution in [2.75, 3.05) is 6.26 Å². The van der Waals surface area contributed by atoms with E-state index in [1.165, 1.54) is 6.92 Å². The Kier molecular flexibility index (Phi) is 4.23. The molecule has 88 valence electrons. The van der Waals surface area contributed by atoms with Crippen LogP contribution in [0.25, 0.3) is 0 Å². The first-order valence-corrected chi connectivity index (χ1v) is 7.08. The molecule has 1 aromatic carbocycles. The SMILES string of the molecule is CC(OS(C)(=O)=O)C(=O)c1ccc(Br)cc1. The van der Waals surface area contributed by atoms with Gasteiger partial charge in [0.05, 0.1) is 6.26 Å². The minimum Gasteiger partial charge on any atom is -0.291 e. The molecule has 0 N–H and O–H groups in total. The molecule has 1 atom stereocenters. The molecule has 0 spiro atoms. The minimum absolute atomic E-state index is 0.363. The first-order valence-electron chi connectivity index (χ1n) is 4.47. The predicted octanol–water partition coefficient (Wildman–Crippen LogP) is 2.00. The molecule has 0 bridgehead atoms. The third-order valence-electron chi connectivity index (χ3n) is 1.82. The van der Waals surface area contributed by atoms with Gasteiger partial charge in [-0.2, -0.15) is 8.42 Å². The quantitative estimate of drug-likeness (QED) is 0.630. The van der Waals surface area contributed by atoms with Crippen LogP contribution < -0.4 is 0 Å². The van der Waals surface area contributed by atoms with Crippen molar-refractivity contribution in [3.8, 4) is 0 Å². The Hall–Kier alpha value is -0.720. The van der Waals surface area contributed by atoms with E-state index in [-0.39, 0.29) is 5.78 Å². The van der Waals surface area contributed by atoms with Gasteiger partial charge in [0.25, 0.3) is 10.1 Å². The molecule has 0 fully saturated rings. The standard InChI is InChI=1S/C10H11BrO4S/c1-7(15-16(2,13)14)10(12)8-3-5-9(11)6-4-8/h3-7H,1-2H3. The highest BCUT2D eigenvalue weighted by atomic mass is 79.9. The van der Waals surface area contributed by atoms with Gasteiger partial charge in [0.2, 0.25) is 0 Å². The van der Waals surface area contributed by atoms with Gasteiger partial charge >= 0.3 is 0 Å². The van der Waals surface area contributed by atoms with Crippen LogP contribution in [0, 0.1) is 0 Å². The molecule has 0 aliphatic heterocycles. The fourth-order valence-corrected chi connectivity index (χ4v) is 2.03. The number of halogens is 1. The fraction of sp³-hybridized carbons (Fsp3) is 0.300. The molecule has 1 unspecified atom stereocenters. The van der Waals surface area contributed by atoms with Crippen LogP contribution >= 0.6 is 15.9 Å². The molecule has 0 saturated heterocycles. The summed E-state index contributed by atoms with van der Waals surface area (Å²) in [6.07, 6.45) is -0.0885. The summed E-state index contributed by atoms with van der Waals surface area (Å²) in [6, 6.07) is 6.63. The Labute approximate surface area is 103 Å². The zero-order valence-electron chi connectivity index (χ0n) is 8.81. The van der Waals surface area contributed by atoms with Crippen molar-refractivity contribution in [3.63, 3.8) is 0 Å². The highest BCUT2D eigenvalue weighted by Crippen LogP contribution is 2.13. The minimum atomic E-state index is -3.61. The van der Waals surface area contributed by atoms with E-state index in [1.807, 2.05) is 0 Å². The van der Waals surface area contributed by atoms with Gasteiger partial charge in [-0.3, -0.25) is 8.98 Å². The Morgan fingerprint density at radius 1 is 1.31 bits per heavy atom. The Morgan fingerprint density at radius 2 is 1.81 bits per heavy atom. The number of carbonyl (C=O) groups excluding carboxylic acids is 1. The van der Waals surface area contributed by atoms with Crippen molar-refractivity contribution >= 4 is 31.8 Å². The maximum absolute atomic E-state index is 11.7. The van der Waals surface area contributed by atoms with Crippen LogP contribution in [0.3, 0.4) is 0 Å². The second kappa shape index (κ2) is 5.07. The topological polar surface area (TPSA) is 60.4 Å². The molecule has 0 heterocycles. The van der Waals surface area contributed by atoms with Crippen molar-refractivity contribution in [2.24, 2.45) is 0 Å². The van der Waals surface area contributed by atoms with Gasteiger partial charge in [0.15, 0.2) is 5.78 Å². The van der Waals surface area contributed by atoms with Crippen LogP contribution in [0.1, 0.15) is 17.3 Å². The van der Waals surface area contributed by atoms with Gasteiger partial charge in [-0.05, 0) is 19.1 Å². The predicted molar refractivity (Wildman–Crippen MR) is 63.9 cm³/mol. The molecule has 1 rings (SSSR count). The number of rotatable bonds is 4. The molecule has 6 heteroatoms. The zero-order valence-corrected chi connectivity index (χ0v) is 11.2. The van der Waals surface area contributed by atoms with Gasteiger partial charge in [0, 0.05) is 10.0 Å². The van der Waals surface area contributed by atoms with Crippen LogP contribution in [0.4, 0.5) is 0 Å². The molecule has 16 heavy (non-hydrogen) atoms. The van der Waals surface area contributed by atoms with Crippen LogP contribution in [0.2, 0.25) is 0 Å². The molecule has 0 radical (unpaired) electrons. The van der Waals surface area contributed by atoms with Crippen LogP contribution in [-0.2, 0) is 14.3 Å². The van der Waals surface area contributed by atoms with E-state index in [2.05, 4.69) is 20.1 Å². The Morgan fingerprint density at radius 3 is 2.25 bits per heavy atom. The van der Waals surface area contributed by atoms with E-state index in [0.717, 1.165) is 10.7 Å². The van der Waals surface area contributed by atoms with Crippen LogP contribution in [0.15, 0.2) is 28.7 Å². The largest absolute Gasteiger partial charge is 0.291 e. The maximum Gasteiger partial charge on any atom is 0.265 e. The van der Waals surface area contributed by atoms with Crippen molar-refractivity contribution in [2.45, 2.75) is 13.0 Å². The zero-order chi connectivity index (χ0) is 12.3. The molecule has 0 aliphatic rings. The fourth-order valence-electron chi connectivity index (χ4n) is 1.15. The average molecular weight is 307 g/mol. The summed E-state index contributed by atoms with van der Waals surface area (Å²) in [5.41, 5.74) is 0.416. The summed E-state index contributed by atoms with van der Waals surface area (Å²) in [7, 11) is -3.61. The van der Waals surface area contributed by atoms with E-state index in [1.54, 1.807) is 24.3 Å². The van der Waals surface area contributed by atoms with Gasteiger partial charge in [0.1, 0.15) is 6.10 Å². The number of hydrogen-bond donors (Lipinski definition) is 0. The summed E-state index contributed by atoms with van der Waals surface area (Å²) >= 11 is 3.24. The number of hydrogen-bond acceptors (Lipinski definition) is 4. The number of carbonyl (C=O) groups is 1. The molecule has 0 aromatic heterocycles. The molecule has 0 amide bonds. The van der Waals surface area contributed by atoms with Crippen molar-refractivity contribution in [1.82, 2.24) is 0 Å². The maximum atomic E-state index is 11.7. The average Bonchev–Trinajstić information content (AvgIpc) is 2.15. The van der Waals surface area contributed by atoms with Gasteiger partial charge in [-0.15, -0.1) is 0 Å². The number of benzene rings is 1.